The van der Waals surface area contributed by atoms with E-state index in [2.05, 4.69) is 17.1 Å². The molecule has 0 atom stereocenters. The van der Waals surface area contributed by atoms with E-state index in [-0.39, 0.29) is 5.91 Å². The van der Waals surface area contributed by atoms with Crippen LogP contribution in [0, 0.1) is 0 Å². The number of rotatable bonds is 8. The zero-order valence-corrected chi connectivity index (χ0v) is 14.7. The molecule has 128 valence electrons. The molecule has 4 heteroatoms. The Hall–Kier alpha value is -2.33. The Morgan fingerprint density at radius 2 is 1.71 bits per heavy atom. The Kier molecular flexibility index (Phi) is 6.82. The van der Waals surface area contributed by atoms with Gasteiger partial charge in [-0.2, -0.15) is 0 Å². The first-order valence-electron chi connectivity index (χ1n) is 8.36. The molecular weight excluding hydrogens is 300 g/mol. The smallest absolute Gasteiger partial charge is 0.255 e. The number of carbonyl (C=O) groups excluding carboxylic acids is 1. The van der Waals surface area contributed by atoms with Gasteiger partial charge < -0.3 is 15.0 Å². The van der Waals surface area contributed by atoms with Crippen LogP contribution >= 0.6 is 0 Å². The fourth-order valence-corrected chi connectivity index (χ4v) is 2.30. The average Bonchev–Trinajstić information content (AvgIpc) is 2.60. The number of amides is 1. The summed E-state index contributed by atoms with van der Waals surface area (Å²) in [5, 5.41) is 2.90. The topological polar surface area (TPSA) is 41.6 Å². The van der Waals surface area contributed by atoms with Gasteiger partial charge in [-0.1, -0.05) is 19.1 Å². The van der Waals surface area contributed by atoms with Gasteiger partial charge in [-0.25, -0.2) is 0 Å². The van der Waals surface area contributed by atoms with Crippen LogP contribution in [0.15, 0.2) is 48.5 Å². The maximum atomic E-state index is 12.2. The normalized spacial score (nSPS) is 10.7. The molecule has 0 radical (unpaired) electrons. The second kappa shape index (κ2) is 9.08. The average molecular weight is 326 g/mol. The van der Waals surface area contributed by atoms with E-state index in [0.29, 0.717) is 12.2 Å². The molecule has 24 heavy (non-hydrogen) atoms. The first-order valence-corrected chi connectivity index (χ1v) is 8.36. The highest BCUT2D eigenvalue weighted by molar-refractivity contribution is 6.04. The van der Waals surface area contributed by atoms with Crippen molar-refractivity contribution in [3.63, 3.8) is 0 Å². The number of benzene rings is 2. The second-order valence-electron chi connectivity index (χ2n) is 6.03. The molecule has 2 rings (SSSR count). The van der Waals surface area contributed by atoms with E-state index in [1.807, 2.05) is 62.6 Å². The van der Waals surface area contributed by atoms with Crippen molar-refractivity contribution in [1.29, 1.82) is 0 Å². The number of aryl methyl sites for hydroxylation is 1. The third-order valence-electron chi connectivity index (χ3n) is 3.75. The summed E-state index contributed by atoms with van der Waals surface area (Å²) in [6.45, 7) is 3.79. The van der Waals surface area contributed by atoms with Gasteiger partial charge in [0.1, 0.15) is 5.75 Å². The van der Waals surface area contributed by atoms with Crippen molar-refractivity contribution in [3.05, 3.63) is 59.7 Å². The van der Waals surface area contributed by atoms with Crippen molar-refractivity contribution < 1.29 is 9.53 Å². The lowest BCUT2D eigenvalue weighted by Crippen LogP contribution is -2.15. The summed E-state index contributed by atoms with van der Waals surface area (Å²) in [6.07, 6.45) is 1.96. The van der Waals surface area contributed by atoms with Gasteiger partial charge >= 0.3 is 0 Å². The fraction of sp³-hybridized carbons (Fsp3) is 0.350. The van der Waals surface area contributed by atoms with E-state index in [0.717, 1.165) is 30.8 Å². The first kappa shape index (κ1) is 18.0. The summed E-state index contributed by atoms with van der Waals surface area (Å²) >= 11 is 0. The Labute approximate surface area is 144 Å². The fourth-order valence-electron chi connectivity index (χ4n) is 2.30. The van der Waals surface area contributed by atoms with Crippen LogP contribution in [-0.2, 0) is 6.42 Å². The lowest BCUT2D eigenvalue weighted by atomic mass is 10.1. The number of nitrogens with zero attached hydrogens (tertiary/aromatic N) is 1. The molecule has 0 saturated heterocycles. The largest absolute Gasteiger partial charge is 0.494 e. The Bertz CT molecular complexity index is 634. The molecule has 0 aliphatic carbocycles. The van der Waals surface area contributed by atoms with Crippen LogP contribution in [0.2, 0.25) is 0 Å². The molecule has 0 heterocycles. The first-order chi connectivity index (χ1) is 11.6. The summed E-state index contributed by atoms with van der Waals surface area (Å²) < 4.78 is 5.69. The molecule has 0 fully saturated rings. The van der Waals surface area contributed by atoms with Crippen LogP contribution in [0.1, 0.15) is 29.3 Å². The summed E-state index contributed by atoms with van der Waals surface area (Å²) in [6, 6.07) is 15.2. The van der Waals surface area contributed by atoms with Gasteiger partial charge in [0.2, 0.25) is 0 Å². The van der Waals surface area contributed by atoms with Crippen LogP contribution in [0.3, 0.4) is 0 Å². The maximum absolute atomic E-state index is 12.2. The minimum absolute atomic E-state index is 0.0997. The molecule has 0 bridgehead atoms. The van der Waals surface area contributed by atoms with E-state index in [1.165, 1.54) is 5.56 Å². The number of nitrogens with one attached hydrogen (secondary N) is 1. The van der Waals surface area contributed by atoms with Gasteiger partial charge in [0.15, 0.2) is 0 Å². The minimum atomic E-state index is -0.0997. The van der Waals surface area contributed by atoms with E-state index in [9.17, 15) is 4.79 Å². The van der Waals surface area contributed by atoms with Gasteiger partial charge in [0.05, 0.1) is 6.61 Å². The zero-order valence-electron chi connectivity index (χ0n) is 14.7. The molecule has 1 amide bonds. The van der Waals surface area contributed by atoms with E-state index >= 15 is 0 Å². The van der Waals surface area contributed by atoms with Crippen LogP contribution in [-0.4, -0.2) is 38.1 Å². The SMILES string of the molecule is CCc1ccc(C(=O)Nc2ccc(OCCCN(C)C)cc2)cc1. The number of ether oxygens (including phenoxy) is 1. The number of hydrogen-bond acceptors (Lipinski definition) is 3. The van der Waals surface area contributed by atoms with E-state index in [4.69, 9.17) is 4.74 Å². The molecule has 0 aliphatic heterocycles. The third-order valence-corrected chi connectivity index (χ3v) is 3.75. The third kappa shape index (κ3) is 5.70. The highest BCUT2D eigenvalue weighted by Gasteiger charge is 2.06. The quantitative estimate of drug-likeness (QED) is 0.750. The van der Waals surface area contributed by atoms with Crippen LogP contribution < -0.4 is 10.1 Å². The minimum Gasteiger partial charge on any atom is -0.494 e. The molecular formula is C20H26N2O2. The van der Waals surface area contributed by atoms with Gasteiger partial charge in [0, 0.05) is 17.8 Å². The molecule has 1 N–H and O–H groups in total. The number of hydrogen-bond donors (Lipinski definition) is 1. The van der Waals surface area contributed by atoms with Gasteiger partial charge in [0.25, 0.3) is 5.91 Å². The molecule has 0 unspecified atom stereocenters. The van der Waals surface area contributed by atoms with Crippen molar-refractivity contribution in [2.45, 2.75) is 19.8 Å². The van der Waals surface area contributed by atoms with Gasteiger partial charge in [-0.15, -0.1) is 0 Å². The summed E-state index contributed by atoms with van der Waals surface area (Å²) in [5.41, 5.74) is 2.65. The molecule has 0 saturated carbocycles. The zero-order chi connectivity index (χ0) is 17.4. The molecule has 0 aromatic heterocycles. The summed E-state index contributed by atoms with van der Waals surface area (Å²) in [7, 11) is 4.10. The van der Waals surface area contributed by atoms with E-state index < -0.39 is 0 Å². The molecule has 2 aromatic rings. The molecule has 0 spiro atoms. The van der Waals surface area contributed by atoms with Crippen molar-refractivity contribution in [1.82, 2.24) is 4.90 Å². The molecule has 0 aliphatic rings. The van der Waals surface area contributed by atoms with Crippen molar-refractivity contribution >= 4 is 11.6 Å². The van der Waals surface area contributed by atoms with Crippen molar-refractivity contribution in [2.24, 2.45) is 0 Å². The van der Waals surface area contributed by atoms with Gasteiger partial charge in [-0.05, 0) is 68.9 Å². The van der Waals surface area contributed by atoms with Gasteiger partial charge in [-0.3, -0.25) is 4.79 Å². The Morgan fingerprint density at radius 1 is 1.04 bits per heavy atom. The van der Waals surface area contributed by atoms with Crippen LogP contribution in [0.25, 0.3) is 0 Å². The molecule has 4 nitrogen and oxygen atoms in total. The van der Waals surface area contributed by atoms with Crippen LogP contribution in [0.5, 0.6) is 5.75 Å². The maximum Gasteiger partial charge on any atom is 0.255 e. The predicted octanol–water partition coefficient (Wildman–Crippen LogP) is 3.83. The molecule has 2 aromatic carbocycles. The van der Waals surface area contributed by atoms with Crippen LogP contribution in [0.4, 0.5) is 5.69 Å². The highest BCUT2D eigenvalue weighted by atomic mass is 16.5. The summed E-state index contributed by atoms with van der Waals surface area (Å²) in [4.78, 5) is 14.4. The van der Waals surface area contributed by atoms with Crippen molar-refractivity contribution in [2.75, 3.05) is 32.6 Å². The Balaban J connectivity index is 1.85. The number of carbonyl (C=O) groups is 1. The summed E-state index contributed by atoms with van der Waals surface area (Å²) in [5.74, 6) is 0.719. The van der Waals surface area contributed by atoms with Crippen molar-refractivity contribution in [3.8, 4) is 5.75 Å². The number of anilines is 1. The standard InChI is InChI=1S/C20H26N2O2/c1-4-16-6-8-17(9-7-16)20(23)21-18-10-12-19(13-11-18)24-15-5-14-22(2)3/h6-13H,4-5,14-15H2,1-3H3,(H,21,23). The lowest BCUT2D eigenvalue weighted by molar-refractivity contribution is 0.102. The predicted molar refractivity (Wildman–Crippen MR) is 98.9 cm³/mol. The second-order valence-corrected chi connectivity index (χ2v) is 6.03. The lowest BCUT2D eigenvalue weighted by Gasteiger charge is -2.11. The highest BCUT2D eigenvalue weighted by Crippen LogP contribution is 2.17. The Morgan fingerprint density at radius 3 is 2.29 bits per heavy atom. The van der Waals surface area contributed by atoms with E-state index in [1.54, 1.807) is 0 Å². The monoisotopic (exact) mass is 326 g/mol.